The second-order valence-corrected chi connectivity index (χ2v) is 5.05. The number of rotatable bonds is 3. The first kappa shape index (κ1) is 12.0. The summed E-state index contributed by atoms with van der Waals surface area (Å²) in [5.74, 6) is 1.03. The molecule has 98 valence electrons. The van der Waals surface area contributed by atoms with Crippen molar-refractivity contribution in [3.05, 3.63) is 53.6 Å². The van der Waals surface area contributed by atoms with Crippen LogP contribution in [0.5, 0.6) is 0 Å². The zero-order valence-corrected chi connectivity index (χ0v) is 11.0. The molecule has 1 aromatic carbocycles. The molecule has 0 fully saturated rings. The number of nitrogens with zero attached hydrogens (tertiary/aromatic N) is 2. The van der Waals surface area contributed by atoms with E-state index in [-0.39, 0.29) is 11.9 Å². The Labute approximate surface area is 112 Å². The van der Waals surface area contributed by atoms with Gasteiger partial charge in [-0.2, -0.15) is 0 Å². The monoisotopic (exact) mass is 255 g/mol. The van der Waals surface area contributed by atoms with Crippen LogP contribution in [0.4, 0.5) is 0 Å². The van der Waals surface area contributed by atoms with Gasteiger partial charge in [0.1, 0.15) is 5.82 Å². The van der Waals surface area contributed by atoms with Gasteiger partial charge in [0.2, 0.25) is 5.91 Å². The summed E-state index contributed by atoms with van der Waals surface area (Å²) in [7, 11) is 0. The molecule has 1 N–H and O–H groups in total. The Morgan fingerprint density at radius 2 is 2.42 bits per heavy atom. The number of imidazole rings is 1. The highest BCUT2D eigenvalue weighted by molar-refractivity contribution is 5.79. The summed E-state index contributed by atoms with van der Waals surface area (Å²) in [5.41, 5.74) is 2.24. The van der Waals surface area contributed by atoms with Crippen LogP contribution in [-0.2, 0) is 17.8 Å². The van der Waals surface area contributed by atoms with E-state index in [9.17, 15) is 4.79 Å². The molecule has 0 aliphatic carbocycles. The number of hydrogen-bond acceptors (Lipinski definition) is 2. The Hall–Kier alpha value is -2.10. The van der Waals surface area contributed by atoms with Crippen LogP contribution in [0, 0.1) is 6.92 Å². The van der Waals surface area contributed by atoms with Gasteiger partial charge in [-0.1, -0.05) is 29.8 Å². The van der Waals surface area contributed by atoms with E-state index >= 15 is 0 Å². The summed E-state index contributed by atoms with van der Waals surface area (Å²) in [4.78, 5) is 16.4. The first-order valence-corrected chi connectivity index (χ1v) is 6.58. The van der Waals surface area contributed by atoms with Crippen molar-refractivity contribution in [1.29, 1.82) is 0 Å². The fraction of sp³-hybridized carbons (Fsp3) is 0.333. The second kappa shape index (κ2) is 4.88. The number of carbonyl (C=O) groups excluding carboxylic acids is 1. The third-order valence-electron chi connectivity index (χ3n) is 3.50. The highest BCUT2D eigenvalue weighted by Crippen LogP contribution is 2.23. The lowest BCUT2D eigenvalue weighted by molar-refractivity contribution is -0.121. The molecule has 1 amide bonds. The average molecular weight is 255 g/mol. The molecular formula is C15H17N3O. The van der Waals surface area contributed by atoms with E-state index in [4.69, 9.17) is 0 Å². The van der Waals surface area contributed by atoms with Gasteiger partial charge in [-0.3, -0.25) is 4.79 Å². The van der Waals surface area contributed by atoms with Crippen molar-refractivity contribution in [2.75, 3.05) is 0 Å². The fourth-order valence-corrected chi connectivity index (χ4v) is 2.61. The minimum absolute atomic E-state index is 0.0621. The molecule has 1 aliphatic rings. The first-order valence-electron chi connectivity index (χ1n) is 6.58. The van der Waals surface area contributed by atoms with Crippen molar-refractivity contribution in [1.82, 2.24) is 14.9 Å². The number of carbonyl (C=O) groups is 1. The topological polar surface area (TPSA) is 46.9 Å². The molecular weight excluding hydrogens is 238 g/mol. The van der Waals surface area contributed by atoms with Crippen molar-refractivity contribution < 1.29 is 4.79 Å². The van der Waals surface area contributed by atoms with Crippen molar-refractivity contribution in [3.8, 4) is 0 Å². The largest absolute Gasteiger partial charge is 0.346 e. The Morgan fingerprint density at radius 3 is 3.26 bits per heavy atom. The number of nitrogens with one attached hydrogen (secondary N) is 1. The molecule has 2 aromatic rings. The van der Waals surface area contributed by atoms with Gasteiger partial charge in [-0.05, 0) is 18.9 Å². The van der Waals surface area contributed by atoms with Gasteiger partial charge in [0.05, 0.1) is 12.5 Å². The van der Waals surface area contributed by atoms with Crippen LogP contribution in [-0.4, -0.2) is 15.5 Å². The lowest BCUT2D eigenvalue weighted by atomic mass is 10.1. The van der Waals surface area contributed by atoms with Crippen LogP contribution in [0.3, 0.4) is 0 Å². The third kappa shape index (κ3) is 2.52. The van der Waals surface area contributed by atoms with E-state index in [0.29, 0.717) is 6.42 Å². The predicted molar refractivity (Wildman–Crippen MR) is 72.6 cm³/mol. The maximum absolute atomic E-state index is 12.1. The Kier molecular flexibility index (Phi) is 3.07. The van der Waals surface area contributed by atoms with Gasteiger partial charge in [0, 0.05) is 18.9 Å². The molecule has 1 atom stereocenters. The van der Waals surface area contributed by atoms with Crippen LogP contribution in [0.1, 0.15) is 29.4 Å². The summed E-state index contributed by atoms with van der Waals surface area (Å²) in [5, 5.41) is 3.07. The quantitative estimate of drug-likeness (QED) is 0.911. The smallest absolute Gasteiger partial charge is 0.225 e. The number of aromatic nitrogens is 2. The highest BCUT2D eigenvalue weighted by atomic mass is 16.1. The number of hydrogen-bond donors (Lipinski definition) is 1. The molecule has 3 rings (SSSR count). The van der Waals surface area contributed by atoms with Crippen LogP contribution in [0.15, 0.2) is 36.7 Å². The van der Waals surface area contributed by atoms with Gasteiger partial charge in [-0.15, -0.1) is 0 Å². The standard InChI is InChI=1S/C15H17N3O/c1-11-3-2-4-12(9-11)10-14(19)17-13-5-7-18-8-6-16-15(13)18/h2-4,6,8-9,13H,5,7,10H2,1H3,(H,17,19). The van der Waals surface area contributed by atoms with Crippen molar-refractivity contribution >= 4 is 5.91 Å². The van der Waals surface area contributed by atoms with Crippen molar-refractivity contribution in [2.24, 2.45) is 0 Å². The van der Waals surface area contributed by atoms with E-state index in [0.717, 1.165) is 24.4 Å². The normalized spacial score (nSPS) is 17.2. The molecule has 0 saturated carbocycles. The number of aryl methyl sites for hydroxylation is 2. The molecule has 0 saturated heterocycles. The van der Waals surface area contributed by atoms with Crippen LogP contribution < -0.4 is 5.32 Å². The van der Waals surface area contributed by atoms with Crippen LogP contribution in [0.25, 0.3) is 0 Å². The van der Waals surface area contributed by atoms with Gasteiger partial charge in [0.25, 0.3) is 0 Å². The third-order valence-corrected chi connectivity index (χ3v) is 3.50. The summed E-state index contributed by atoms with van der Waals surface area (Å²) >= 11 is 0. The highest BCUT2D eigenvalue weighted by Gasteiger charge is 2.24. The molecule has 19 heavy (non-hydrogen) atoms. The lowest BCUT2D eigenvalue weighted by Gasteiger charge is -2.11. The second-order valence-electron chi connectivity index (χ2n) is 5.05. The predicted octanol–water partition coefficient (Wildman–Crippen LogP) is 2.00. The average Bonchev–Trinajstić information content (AvgIpc) is 2.94. The zero-order valence-electron chi connectivity index (χ0n) is 11.0. The number of benzene rings is 1. The summed E-state index contributed by atoms with van der Waals surface area (Å²) < 4.78 is 2.09. The molecule has 4 heteroatoms. The lowest BCUT2D eigenvalue weighted by Crippen LogP contribution is -2.29. The van der Waals surface area contributed by atoms with E-state index in [1.165, 1.54) is 5.56 Å². The molecule has 1 aliphatic heterocycles. The maximum atomic E-state index is 12.1. The molecule has 1 aromatic heterocycles. The van der Waals surface area contributed by atoms with Gasteiger partial charge >= 0.3 is 0 Å². The Bertz CT molecular complexity index is 603. The Morgan fingerprint density at radius 1 is 1.53 bits per heavy atom. The van der Waals surface area contributed by atoms with Crippen LogP contribution >= 0.6 is 0 Å². The van der Waals surface area contributed by atoms with E-state index in [2.05, 4.69) is 20.9 Å². The SMILES string of the molecule is Cc1cccc(CC(=O)NC2CCn3ccnc32)c1. The summed E-state index contributed by atoms with van der Waals surface area (Å²) in [6.07, 6.45) is 5.11. The van der Waals surface area contributed by atoms with Crippen molar-refractivity contribution in [2.45, 2.75) is 32.4 Å². The van der Waals surface area contributed by atoms with E-state index in [1.807, 2.05) is 31.3 Å². The van der Waals surface area contributed by atoms with Crippen molar-refractivity contribution in [3.63, 3.8) is 0 Å². The maximum Gasteiger partial charge on any atom is 0.225 e. The van der Waals surface area contributed by atoms with Crippen LogP contribution in [0.2, 0.25) is 0 Å². The fourth-order valence-electron chi connectivity index (χ4n) is 2.61. The zero-order chi connectivity index (χ0) is 13.2. The Balaban J connectivity index is 1.64. The van der Waals surface area contributed by atoms with Gasteiger partial charge in [0.15, 0.2) is 0 Å². The molecule has 1 unspecified atom stereocenters. The first-order chi connectivity index (χ1) is 9.22. The minimum Gasteiger partial charge on any atom is -0.346 e. The number of fused-ring (bicyclic) bond motifs is 1. The molecule has 0 bridgehead atoms. The molecule has 2 heterocycles. The number of amides is 1. The summed E-state index contributed by atoms with van der Waals surface area (Å²) in [6, 6.07) is 8.12. The van der Waals surface area contributed by atoms with E-state index < -0.39 is 0 Å². The minimum atomic E-state index is 0.0621. The van der Waals surface area contributed by atoms with Gasteiger partial charge in [-0.25, -0.2) is 4.98 Å². The van der Waals surface area contributed by atoms with Gasteiger partial charge < -0.3 is 9.88 Å². The molecule has 0 radical (unpaired) electrons. The molecule has 4 nitrogen and oxygen atoms in total. The van der Waals surface area contributed by atoms with E-state index in [1.54, 1.807) is 6.20 Å². The molecule has 0 spiro atoms. The summed E-state index contributed by atoms with van der Waals surface area (Å²) in [6.45, 7) is 2.97.